The predicted molar refractivity (Wildman–Crippen MR) is 89.5 cm³/mol. The molecule has 0 radical (unpaired) electrons. The molecule has 0 saturated carbocycles. The van der Waals surface area contributed by atoms with E-state index in [2.05, 4.69) is 10.5 Å². The summed E-state index contributed by atoms with van der Waals surface area (Å²) in [4.78, 5) is 12.8. The second kappa shape index (κ2) is 6.50. The van der Waals surface area contributed by atoms with E-state index in [1.165, 1.54) is 23.5 Å². The van der Waals surface area contributed by atoms with Crippen LogP contribution in [0, 0.1) is 6.92 Å². The number of carbonyl (C=O) groups is 1. The molecule has 6 heteroatoms. The van der Waals surface area contributed by atoms with E-state index < -0.39 is 0 Å². The minimum atomic E-state index is -0.369. The summed E-state index contributed by atoms with van der Waals surface area (Å²) in [6, 6.07) is 16.0. The second-order valence-electron chi connectivity index (χ2n) is 4.93. The first-order chi connectivity index (χ1) is 11.1. The van der Waals surface area contributed by atoms with Gasteiger partial charge in [0.2, 0.25) is 4.80 Å². The summed E-state index contributed by atoms with van der Waals surface area (Å²) in [6.07, 6.45) is 0. The number of thiazole rings is 1. The van der Waals surface area contributed by atoms with Gasteiger partial charge in [-0.05, 0) is 37.3 Å². The number of aromatic nitrogens is 1. The highest BCUT2D eigenvalue weighted by atomic mass is 32.1. The van der Waals surface area contributed by atoms with Gasteiger partial charge >= 0.3 is 0 Å². The van der Waals surface area contributed by atoms with Crippen LogP contribution >= 0.6 is 11.3 Å². The van der Waals surface area contributed by atoms with Crippen LogP contribution in [0.4, 0.5) is 0 Å². The van der Waals surface area contributed by atoms with Gasteiger partial charge in [-0.2, -0.15) is 0 Å². The molecule has 3 rings (SSSR count). The Balaban J connectivity index is 1.91. The largest absolute Gasteiger partial charge is 0.508 e. The Bertz CT molecular complexity index is 897. The van der Waals surface area contributed by atoms with Gasteiger partial charge in [-0.25, -0.2) is 5.43 Å². The molecule has 2 N–H and O–H groups in total. The van der Waals surface area contributed by atoms with Gasteiger partial charge in [0.15, 0.2) is 0 Å². The fraction of sp³-hybridized carbons (Fsp3) is 0.0588. The molecule has 0 saturated heterocycles. The summed E-state index contributed by atoms with van der Waals surface area (Å²) < 4.78 is 1.97. The summed E-state index contributed by atoms with van der Waals surface area (Å²) in [6.45, 7) is 1.99. The Kier molecular flexibility index (Phi) is 4.25. The lowest BCUT2D eigenvalue weighted by Gasteiger charge is -2.05. The molecule has 0 spiro atoms. The highest BCUT2D eigenvalue weighted by Gasteiger charge is 2.07. The maximum Gasteiger partial charge on any atom is 0.271 e. The average molecular weight is 325 g/mol. The van der Waals surface area contributed by atoms with Gasteiger partial charge in [0, 0.05) is 22.3 Å². The number of benzene rings is 2. The lowest BCUT2D eigenvalue weighted by atomic mass is 10.2. The molecule has 0 aliphatic heterocycles. The number of nitrogens with zero attached hydrogens (tertiary/aromatic N) is 2. The smallest absolute Gasteiger partial charge is 0.271 e. The first-order valence-electron chi connectivity index (χ1n) is 7.01. The summed E-state index contributed by atoms with van der Waals surface area (Å²) >= 11 is 1.44. The SMILES string of the molecule is Cc1csc(=NNC(=O)c2cccc(O)c2)n1-c1ccccc1. The maximum absolute atomic E-state index is 12.1. The molecule has 0 fully saturated rings. The van der Waals surface area contributed by atoms with Gasteiger partial charge < -0.3 is 5.11 Å². The van der Waals surface area contributed by atoms with Gasteiger partial charge in [0.05, 0.1) is 0 Å². The fourth-order valence-corrected chi connectivity index (χ4v) is 3.01. The number of phenolic OH excluding ortho intramolecular Hbond substituents is 1. The number of aromatic hydroxyl groups is 1. The molecule has 5 nitrogen and oxygen atoms in total. The van der Waals surface area contributed by atoms with Crippen LogP contribution in [0.15, 0.2) is 65.1 Å². The molecule has 2 aromatic carbocycles. The summed E-state index contributed by atoms with van der Waals surface area (Å²) in [7, 11) is 0. The van der Waals surface area contributed by atoms with Gasteiger partial charge in [-0.15, -0.1) is 16.4 Å². The molecule has 1 amide bonds. The zero-order valence-electron chi connectivity index (χ0n) is 12.4. The number of hydrogen-bond acceptors (Lipinski definition) is 4. The van der Waals surface area contributed by atoms with Crippen molar-refractivity contribution in [2.45, 2.75) is 6.92 Å². The molecular formula is C17H15N3O2S. The van der Waals surface area contributed by atoms with Crippen LogP contribution in [-0.2, 0) is 0 Å². The average Bonchev–Trinajstić information content (AvgIpc) is 2.94. The van der Waals surface area contributed by atoms with E-state index in [9.17, 15) is 9.90 Å². The van der Waals surface area contributed by atoms with E-state index >= 15 is 0 Å². The molecule has 1 aromatic heterocycles. The van der Waals surface area contributed by atoms with Crippen LogP contribution in [0.3, 0.4) is 0 Å². The lowest BCUT2D eigenvalue weighted by Crippen LogP contribution is -2.24. The summed E-state index contributed by atoms with van der Waals surface area (Å²) in [5, 5.41) is 15.6. The Morgan fingerprint density at radius 2 is 1.96 bits per heavy atom. The van der Waals surface area contributed by atoms with Crippen LogP contribution in [0.5, 0.6) is 5.75 Å². The summed E-state index contributed by atoms with van der Waals surface area (Å²) in [5.74, 6) is -0.324. The van der Waals surface area contributed by atoms with Crippen molar-refractivity contribution in [3.63, 3.8) is 0 Å². The van der Waals surface area contributed by atoms with Crippen LogP contribution in [0.25, 0.3) is 5.69 Å². The van der Waals surface area contributed by atoms with E-state index in [0.29, 0.717) is 10.4 Å². The number of phenols is 1. The highest BCUT2D eigenvalue weighted by Crippen LogP contribution is 2.11. The van der Waals surface area contributed by atoms with E-state index in [0.717, 1.165) is 11.4 Å². The van der Waals surface area contributed by atoms with Crippen LogP contribution in [-0.4, -0.2) is 15.6 Å². The zero-order chi connectivity index (χ0) is 16.2. The molecule has 116 valence electrons. The second-order valence-corrected chi connectivity index (χ2v) is 5.77. The molecule has 0 unspecified atom stereocenters. The molecule has 0 aliphatic rings. The normalized spacial score (nSPS) is 11.4. The van der Waals surface area contributed by atoms with E-state index in [1.807, 2.05) is 47.2 Å². The number of aryl methyl sites for hydroxylation is 1. The van der Waals surface area contributed by atoms with Crippen molar-refractivity contribution in [2.75, 3.05) is 0 Å². The molecular weight excluding hydrogens is 310 g/mol. The van der Waals surface area contributed by atoms with Crippen LogP contribution in [0.2, 0.25) is 0 Å². The third-order valence-corrected chi connectivity index (χ3v) is 4.20. The number of amides is 1. The van der Waals surface area contributed by atoms with Crippen molar-refractivity contribution >= 4 is 17.2 Å². The molecule has 0 aliphatic carbocycles. The number of nitrogens with one attached hydrogen (secondary N) is 1. The Hall–Kier alpha value is -2.86. The molecule has 3 aromatic rings. The standard InChI is InChI=1S/C17H15N3O2S/c1-12-11-23-17(20(12)14-7-3-2-4-8-14)19-18-16(22)13-6-5-9-15(21)10-13/h2-11,21H,1H3,(H,18,22). The first-order valence-corrected chi connectivity index (χ1v) is 7.89. The van der Waals surface area contributed by atoms with E-state index in [-0.39, 0.29) is 11.7 Å². The molecule has 23 heavy (non-hydrogen) atoms. The number of carbonyl (C=O) groups excluding carboxylic acids is 1. The van der Waals surface area contributed by atoms with Crippen molar-refractivity contribution in [1.29, 1.82) is 0 Å². The third kappa shape index (κ3) is 3.32. The minimum absolute atomic E-state index is 0.0453. The van der Waals surface area contributed by atoms with Crippen molar-refractivity contribution < 1.29 is 9.90 Å². The van der Waals surface area contributed by atoms with Gasteiger partial charge in [0.25, 0.3) is 5.91 Å². The van der Waals surface area contributed by atoms with Crippen molar-refractivity contribution in [2.24, 2.45) is 5.10 Å². The molecule has 0 bridgehead atoms. The highest BCUT2D eigenvalue weighted by molar-refractivity contribution is 7.07. The van der Waals surface area contributed by atoms with Crippen LogP contribution in [0.1, 0.15) is 16.1 Å². The quantitative estimate of drug-likeness (QED) is 0.727. The topological polar surface area (TPSA) is 66.6 Å². The predicted octanol–water partition coefficient (Wildman–Crippen LogP) is 2.80. The van der Waals surface area contributed by atoms with Crippen molar-refractivity contribution in [1.82, 2.24) is 9.99 Å². The number of hydrogen-bond donors (Lipinski definition) is 2. The molecule has 1 heterocycles. The fourth-order valence-electron chi connectivity index (χ4n) is 2.17. The van der Waals surface area contributed by atoms with E-state index in [4.69, 9.17) is 0 Å². The third-order valence-electron chi connectivity index (χ3n) is 3.25. The Labute approximate surface area is 137 Å². The monoisotopic (exact) mass is 325 g/mol. The van der Waals surface area contributed by atoms with Gasteiger partial charge in [-0.1, -0.05) is 24.3 Å². The Morgan fingerprint density at radius 1 is 1.17 bits per heavy atom. The molecule has 0 atom stereocenters. The van der Waals surface area contributed by atoms with Crippen LogP contribution < -0.4 is 10.2 Å². The van der Waals surface area contributed by atoms with Gasteiger partial charge in [0.1, 0.15) is 5.75 Å². The lowest BCUT2D eigenvalue weighted by molar-refractivity contribution is 0.0952. The van der Waals surface area contributed by atoms with Crippen molar-refractivity contribution in [3.8, 4) is 11.4 Å². The first kappa shape index (κ1) is 15.1. The van der Waals surface area contributed by atoms with Crippen molar-refractivity contribution in [3.05, 3.63) is 76.0 Å². The number of para-hydroxylation sites is 1. The maximum atomic E-state index is 12.1. The Morgan fingerprint density at radius 3 is 2.70 bits per heavy atom. The summed E-state index contributed by atoms with van der Waals surface area (Å²) in [5.41, 5.74) is 4.90. The minimum Gasteiger partial charge on any atom is -0.508 e. The number of rotatable bonds is 3. The van der Waals surface area contributed by atoms with Gasteiger partial charge in [-0.3, -0.25) is 9.36 Å². The zero-order valence-corrected chi connectivity index (χ0v) is 13.2. The van der Waals surface area contributed by atoms with E-state index in [1.54, 1.807) is 12.1 Å².